The fourth-order valence-corrected chi connectivity index (χ4v) is 4.02. The van der Waals surface area contributed by atoms with Crippen molar-refractivity contribution in [3.05, 3.63) is 70.4 Å². The molecular formula is C21H23ClN2O. The zero-order valence-corrected chi connectivity index (χ0v) is 15.2. The normalized spacial score (nSPS) is 17.9. The molecule has 130 valence electrons. The van der Waals surface area contributed by atoms with Crippen LogP contribution in [-0.2, 0) is 12.1 Å². The number of para-hydroxylation sites is 1. The highest BCUT2D eigenvalue weighted by atomic mass is 35.5. The summed E-state index contributed by atoms with van der Waals surface area (Å²) in [6, 6.07) is 16.1. The summed E-state index contributed by atoms with van der Waals surface area (Å²) < 4.78 is 0. The van der Waals surface area contributed by atoms with E-state index in [-0.39, 0.29) is 0 Å². The number of aromatic nitrogens is 1. The molecule has 3 nitrogen and oxygen atoms in total. The molecule has 0 radical (unpaired) electrons. The van der Waals surface area contributed by atoms with Gasteiger partial charge in [0.2, 0.25) is 0 Å². The third-order valence-electron chi connectivity index (χ3n) is 5.47. The Labute approximate surface area is 153 Å². The van der Waals surface area contributed by atoms with Crippen LogP contribution in [0, 0.1) is 6.92 Å². The minimum atomic E-state index is -0.740. The van der Waals surface area contributed by atoms with Crippen LogP contribution in [0.3, 0.4) is 0 Å². The Morgan fingerprint density at radius 1 is 1.08 bits per heavy atom. The van der Waals surface area contributed by atoms with Crippen molar-refractivity contribution in [1.82, 2.24) is 9.88 Å². The number of piperidine rings is 1. The van der Waals surface area contributed by atoms with E-state index in [1.165, 1.54) is 22.2 Å². The quantitative estimate of drug-likeness (QED) is 0.720. The van der Waals surface area contributed by atoms with E-state index in [0.29, 0.717) is 5.02 Å². The monoisotopic (exact) mass is 354 g/mol. The fraction of sp³-hybridized carbons (Fsp3) is 0.333. The third-order valence-corrected chi connectivity index (χ3v) is 5.73. The molecule has 0 atom stereocenters. The average molecular weight is 355 g/mol. The van der Waals surface area contributed by atoms with Crippen LogP contribution in [0.5, 0.6) is 0 Å². The second-order valence-corrected chi connectivity index (χ2v) is 7.53. The second kappa shape index (κ2) is 6.49. The number of nitrogens with one attached hydrogen (secondary N) is 1. The van der Waals surface area contributed by atoms with Gasteiger partial charge in [-0.25, -0.2) is 0 Å². The van der Waals surface area contributed by atoms with Gasteiger partial charge in [0.25, 0.3) is 0 Å². The largest absolute Gasteiger partial charge is 0.385 e. The van der Waals surface area contributed by atoms with E-state index >= 15 is 0 Å². The van der Waals surface area contributed by atoms with Crippen LogP contribution >= 0.6 is 11.6 Å². The lowest BCUT2D eigenvalue weighted by Crippen LogP contribution is -2.42. The van der Waals surface area contributed by atoms with Crippen molar-refractivity contribution >= 4 is 22.5 Å². The molecule has 1 fully saturated rings. The average Bonchev–Trinajstić information content (AvgIpc) is 2.93. The minimum Gasteiger partial charge on any atom is -0.385 e. The number of aromatic amines is 1. The van der Waals surface area contributed by atoms with Gasteiger partial charge in [-0.05, 0) is 49.1 Å². The van der Waals surface area contributed by atoms with Gasteiger partial charge in [-0.1, -0.05) is 41.9 Å². The van der Waals surface area contributed by atoms with E-state index in [2.05, 4.69) is 41.1 Å². The highest BCUT2D eigenvalue weighted by molar-refractivity contribution is 6.30. The molecule has 1 aromatic heterocycles. The Morgan fingerprint density at radius 2 is 1.76 bits per heavy atom. The van der Waals surface area contributed by atoms with E-state index in [1.807, 2.05) is 24.3 Å². The summed E-state index contributed by atoms with van der Waals surface area (Å²) in [6.07, 6.45) is 1.49. The number of aryl methyl sites for hydroxylation is 1. The molecule has 2 aromatic carbocycles. The van der Waals surface area contributed by atoms with Crippen molar-refractivity contribution < 1.29 is 5.11 Å². The first-order valence-electron chi connectivity index (χ1n) is 8.82. The molecule has 0 saturated carbocycles. The van der Waals surface area contributed by atoms with Crippen molar-refractivity contribution in [1.29, 1.82) is 0 Å². The fourth-order valence-electron chi connectivity index (χ4n) is 3.89. The van der Waals surface area contributed by atoms with Gasteiger partial charge >= 0.3 is 0 Å². The van der Waals surface area contributed by atoms with Gasteiger partial charge in [-0.3, -0.25) is 4.90 Å². The second-order valence-electron chi connectivity index (χ2n) is 7.09. The minimum absolute atomic E-state index is 0.708. The Hall–Kier alpha value is -1.81. The molecule has 25 heavy (non-hydrogen) atoms. The Bertz CT molecular complexity index is 877. The van der Waals surface area contributed by atoms with Crippen LogP contribution in [0.4, 0.5) is 0 Å². The van der Waals surface area contributed by atoms with Gasteiger partial charge in [0, 0.05) is 41.3 Å². The Morgan fingerprint density at radius 3 is 2.48 bits per heavy atom. The summed E-state index contributed by atoms with van der Waals surface area (Å²) in [5, 5.41) is 13.0. The summed E-state index contributed by atoms with van der Waals surface area (Å²) in [4.78, 5) is 5.91. The zero-order chi connectivity index (χ0) is 17.4. The standard InChI is InChI=1S/C21H23ClN2O/c1-15-19(18-4-2-3-5-20(18)23-15)14-24-12-10-21(25,11-13-24)16-6-8-17(22)9-7-16/h2-9,23,25H,10-14H2,1H3. The Kier molecular flexibility index (Phi) is 4.32. The molecule has 4 heteroatoms. The lowest BCUT2D eigenvalue weighted by molar-refractivity contribution is -0.0276. The SMILES string of the molecule is Cc1[nH]c2ccccc2c1CN1CCC(O)(c2ccc(Cl)cc2)CC1. The molecule has 2 N–H and O–H groups in total. The molecule has 2 heterocycles. The van der Waals surface area contributed by atoms with Crippen molar-refractivity contribution in [3.8, 4) is 0 Å². The number of aliphatic hydroxyl groups is 1. The smallest absolute Gasteiger partial charge is 0.0920 e. The number of rotatable bonds is 3. The molecule has 0 spiro atoms. The number of fused-ring (bicyclic) bond motifs is 1. The summed E-state index contributed by atoms with van der Waals surface area (Å²) in [5.74, 6) is 0. The van der Waals surface area contributed by atoms with Gasteiger partial charge in [0.15, 0.2) is 0 Å². The number of hydrogen-bond acceptors (Lipinski definition) is 2. The molecule has 1 aliphatic rings. The summed E-state index contributed by atoms with van der Waals surface area (Å²) in [6.45, 7) is 4.84. The van der Waals surface area contributed by atoms with Gasteiger partial charge in [-0.2, -0.15) is 0 Å². The first kappa shape index (κ1) is 16.6. The highest BCUT2D eigenvalue weighted by Gasteiger charge is 2.34. The maximum absolute atomic E-state index is 11.0. The molecule has 1 aliphatic heterocycles. The topological polar surface area (TPSA) is 39.3 Å². The molecule has 1 saturated heterocycles. The van der Waals surface area contributed by atoms with Crippen LogP contribution in [0.15, 0.2) is 48.5 Å². The van der Waals surface area contributed by atoms with Crippen LogP contribution < -0.4 is 0 Å². The van der Waals surface area contributed by atoms with E-state index in [9.17, 15) is 5.11 Å². The van der Waals surface area contributed by atoms with Crippen LogP contribution in [-0.4, -0.2) is 28.1 Å². The first-order chi connectivity index (χ1) is 12.0. The van der Waals surface area contributed by atoms with Crippen LogP contribution in [0.2, 0.25) is 5.02 Å². The molecular weight excluding hydrogens is 332 g/mol. The number of halogens is 1. The van der Waals surface area contributed by atoms with E-state index in [4.69, 9.17) is 11.6 Å². The van der Waals surface area contributed by atoms with Gasteiger partial charge in [0.05, 0.1) is 5.60 Å². The number of H-pyrrole nitrogens is 1. The highest BCUT2D eigenvalue weighted by Crippen LogP contribution is 2.34. The predicted molar refractivity (Wildman–Crippen MR) is 103 cm³/mol. The molecule has 0 aliphatic carbocycles. The van der Waals surface area contributed by atoms with E-state index in [1.54, 1.807) is 0 Å². The molecule has 0 unspecified atom stereocenters. The molecule has 0 amide bonds. The first-order valence-corrected chi connectivity index (χ1v) is 9.20. The number of benzene rings is 2. The van der Waals surface area contributed by atoms with Gasteiger partial charge in [-0.15, -0.1) is 0 Å². The number of hydrogen-bond donors (Lipinski definition) is 2. The van der Waals surface area contributed by atoms with Crippen molar-refractivity contribution in [2.45, 2.75) is 31.9 Å². The maximum atomic E-state index is 11.0. The van der Waals surface area contributed by atoms with Crippen molar-refractivity contribution in [2.24, 2.45) is 0 Å². The third kappa shape index (κ3) is 3.20. The van der Waals surface area contributed by atoms with Crippen LogP contribution in [0.1, 0.15) is 29.7 Å². The Balaban J connectivity index is 1.48. The molecule has 4 rings (SSSR count). The molecule has 0 bridgehead atoms. The van der Waals surface area contributed by atoms with Gasteiger partial charge < -0.3 is 10.1 Å². The summed E-state index contributed by atoms with van der Waals surface area (Å²) in [7, 11) is 0. The van der Waals surface area contributed by atoms with E-state index < -0.39 is 5.60 Å². The van der Waals surface area contributed by atoms with Gasteiger partial charge in [0.1, 0.15) is 0 Å². The van der Waals surface area contributed by atoms with Crippen LogP contribution in [0.25, 0.3) is 10.9 Å². The summed E-state index contributed by atoms with van der Waals surface area (Å²) >= 11 is 5.97. The number of likely N-dealkylation sites (tertiary alicyclic amines) is 1. The van der Waals surface area contributed by atoms with E-state index in [0.717, 1.165) is 38.0 Å². The maximum Gasteiger partial charge on any atom is 0.0920 e. The van der Waals surface area contributed by atoms with Crippen molar-refractivity contribution in [3.63, 3.8) is 0 Å². The lowest BCUT2D eigenvalue weighted by Gasteiger charge is -2.38. The molecule has 3 aromatic rings. The number of nitrogens with zero attached hydrogens (tertiary/aromatic N) is 1. The predicted octanol–water partition coefficient (Wildman–Crippen LogP) is 4.61. The van der Waals surface area contributed by atoms with Crippen molar-refractivity contribution in [2.75, 3.05) is 13.1 Å². The summed E-state index contributed by atoms with van der Waals surface area (Å²) in [5.41, 5.74) is 4.04. The lowest BCUT2D eigenvalue weighted by atomic mass is 9.84. The zero-order valence-electron chi connectivity index (χ0n) is 14.4.